The molecule has 0 saturated heterocycles. The molecule has 0 saturated carbocycles. The van der Waals surface area contributed by atoms with Crippen LogP contribution in [0.4, 0.5) is 22.4 Å². The molecule has 1 heterocycles. The lowest BCUT2D eigenvalue weighted by atomic mass is 10.0. The first-order valence-electron chi connectivity index (χ1n) is 10.4. The smallest absolute Gasteiger partial charge is 0.422 e. The fourth-order valence-corrected chi connectivity index (χ4v) is 2.83. The minimum atomic E-state index is -4.48. The Morgan fingerprint density at radius 3 is 2.29 bits per heavy atom. The maximum absolute atomic E-state index is 14.2. The summed E-state index contributed by atoms with van der Waals surface area (Å²) < 4.78 is 60.8. The number of alkyl halides is 3. The van der Waals surface area contributed by atoms with Gasteiger partial charge < -0.3 is 20.1 Å². The number of hydrogen-bond acceptors (Lipinski definition) is 5. The lowest BCUT2D eigenvalue weighted by Gasteiger charge is -2.24. The molecule has 11 heteroatoms. The minimum absolute atomic E-state index is 0.0800. The molecule has 0 bridgehead atoms. The Balaban J connectivity index is 2.10. The first kappa shape index (κ1) is 26.9. The van der Waals surface area contributed by atoms with Gasteiger partial charge in [-0.3, -0.25) is 9.78 Å². The summed E-state index contributed by atoms with van der Waals surface area (Å²) in [5.74, 6) is -1.24. The Bertz CT molecular complexity index is 975. The normalized spacial score (nSPS) is 13.5. The van der Waals surface area contributed by atoms with Crippen molar-refractivity contribution < 1.29 is 36.6 Å². The number of nitrogens with one attached hydrogen (secondary N) is 2. The van der Waals surface area contributed by atoms with E-state index < -0.39 is 48.3 Å². The largest absolute Gasteiger partial charge is 0.483 e. The summed E-state index contributed by atoms with van der Waals surface area (Å²) in [6.07, 6.45) is -4.35. The van der Waals surface area contributed by atoms with E-state index in [2.05, 4.69) is 20.4 Å². The summed E-state index contributed by atoms with van der Waals surface area (Å²) in [6, 6.07) is 6.72. The zero-order valence-corrected chi connectivity index (χ0v) is 19.2. The van der Waals surface area contributed by atoms with Crippen LogP contribution in [0.2, 0.25) is 0 Å². The highest BCUT2D eigenvalue weighted by Crippen LogP contribution is 2.20. The molecule has 2 N–H and O–H groups in total. The maximum atomic E-state index is 14.2. The average molecular weight is 485 g/mol. The van der Waals surface area contributed by atoms with Crippen molar-refractivity contribution >= 4 is 12.0 Å². The molecule has 1 aromatic carbocycles. The molecule has 0 aliphatic rings. The number of nitrogens with zero attached hydrogens (tertiary/aromatic N) is 1. The van der Waals surface area contributed by atoms with E-state index in [1.165, 1.54) is 30.3 Å². The molecule has 2 rings (SSSR count). The number of hydrogen-bond donors (Lipinski definition) is 2. The van der Waals surface area contributed by atoms with Crippen molar-refractivity contribution in [3.05, 3.63) is 59.7 Å². The predicted molar refractivity (Wildman–Crippen MR) is 116 cm³/mol. The molecule has 2 amide bonds. The number of benzene rings is 1. The van der Waals surface area contributed by atoms with Crippen LogP contribution in [0.3, 0.4) is 0 Å². The van der Waals surface area contributed by atoms with Crippen LogP contribution >= 0.6 is 0 Å². The first-order valence-corrected chi connectivity index (χ1v) is 10.4. The molecule has 0 radical (unpaired) electrons. The number of alkyl carbamates (subject to hydrolysis) is 1. The summed E-state index contributed by atoms with van der Waals surface area (Å²) in [6.45, 7) is 5.13. The molecule has 34 heavy (non-hydrogen) atoms. The maximum Gasteiger partial charge on any atom is 0.422 e. The second-order valence-electron chi connectivity index (χ2n) is 8.55. The molecular weight excluding hydrogens is 458 g/mol. The molecule has 0 aliphatic heterocycles. The number of rotatable bonds is 8. The van der Waals surface area contributed by atoms with Crippen LogP contribution in [-0.2, 0) is 16.0 Å². The molecule has 1 aromatic heterocycles. The van der Waals surface area contributed by atoms with Gasteiger partial charge in [0.25, 0.3) is 0 Å². The lowest BCUT2D eigenvalue weighted by molar-refractivity contribution is -0.153. The van der Waals surface area contributed by atoms with Gasteiger partial charge in [0.2, 0.25) is 5.91 Å². The van der Waals surface area contributed by atoms with Crippen LogP contribution in [0.5, 0.6) is 5.75 Å². The Morgan fingerprint density at radius 2 is 1.74 bits per heavy atom. The van der Waals surface area contributed by atoms with E-state index in [9.17, 15) is 27.2 Å². The average Bonchev–Trinajstić information content (AvgIpc) is 2.71. The molecule has 0 spiro atoms. The highest BCUT2D eigenvalue weighted by Gasteiger charge is 2.29. The van der Waals surface area contributed by atoms with Crippen molar-refractivity contribution in [3.63, 3.8) is 0 Å². The van der Waals surface area contributed by atoms with Crippen molar-refractivity contribution in [2.45, 2.75) is 58.0 Å². The summed E-state index contributed by atoms with van der Waals surface area (Å²) in [4.78, 5) is 29.2. The van der Waals surface area contributed by atoms with Crippen LogP contribution in [0.1, 0.15) is 45.0 Å². The number of amides is 2. The van der Waals surface area contributed by atoms with E-state index in [0.29, 0.717) is 5.69 Å². The molecule has 0 fully saturated rings. The van der Waals surface area contributed by atoms with Gasteiger partial charge in [-0.1, -0.05) is 18.2 Å². The van der Waals surface area contributed by atoms with E-state index in [-0.39, 0.29) is 17.7 Å². The molecule has 2 aromatic rings. The second kappa shape index (κ2) is 11.2. The Hall–Kier alpha value is -3.37. The Morgan fingerprint density at radius 1 is 1.06 bits per heavy atom. The van der Waals surface area contributed by atoms with Gasteiger partial charge in [0.1, 0.15) is 23.2 Å². The number of carbonyl (C=O) groups is 2. The summed E-state index contributed by atoms with van der Waals surface area (Å²) in [5, 5.41) is 5.12. The zero-order chi connectivity index (χ0) is 25.5. The monoisotopic (exact) mass is 485 g/mol. The van der Waals surface area contributed by atoms with Crippen molar-refractivity contribution in [3.8, 4) is 5.75 Å². The minimum Gasteiger partial charge on any atom is -0.483 e. The molecular formula is C23H27F4N3O4. The van der Waals surface area contributed by atoms with Crippen molar-refractivity contribution in [2.75, 3.05) is 6.61 Å². The summed E-state index contributed by atoms with van der Waals surface area (Å²) >= 11 is 0. The van der Waals surface area contributed by atoms with Crippen LogP contribution in [-0.4, -0.2) is 41.4 Å². The van der Waals surface area contributed by atoms with E-state index >= 15 is 0 Å². The van der Waals surface area contributed by atoms with Gasteiger partial charge in [-0.05, 0) is 51.5 Å². The highest BCUT2D eigenvalue weighted by atomic mass is 19.4. The summed E-state index contributed by atoms with van der Waals surface area (Å²) in [5.41, 5.74) is -0.249. The van der Waals surface area contributed by atoms with Crippen LogP contribution in [0, 0.1) is 5.82 Å². The van der Waals surface area contributed by atoms with Gasteiger partial charge in [0.05, 0.1) is 17.9 Å². The fourth-order valence-electron chi connectivity index (χ4n) is 2.83. The van der Waals surface area contributed by atoms with E-state index in [1.807, 2.05) is 0 Å². The molecule has 2 atom stereocenters. The first-order chi connectivity index (χ1) is 15.7. The highest BCUT2D eigenvalue weighted by molar-refractivity contribution is 5.86. The van der Waals surface area contributed by atoms with Crippen LogP contribution in [0.15, 0.2) is 42.6 Å². The molecule has 0 aliphatic carbocycles. The molecule has 0 unspecified atom stereocenters. The molecule has 7 nitrogen and oxygen atoms in total. The lowest BCUT2D eigenvalue weighted by Crippen LogP contribution is -2.50. The van der Waals surface area contributed by atoms with Crippen molar-refractivity contribution in [2.24, 2.45) is 0 Å². The van der Waals surface area contributed by atoms with E-state index in [0.717, 1.165) is 6.20 Å². The van der Waals surface area contributed by atoms with Gasteiger partial charge in [0.15, 0.2) is 6.61 Å². The van der Waals surface area contributed by atoms with Crippen LogP contribution in [0.25, 0.3) is 0 Å². The summed E-state index contributed by atoms with van der Waals surface area (Å²) in [7, 11) is 0. The number of halogens is 4. The quantitative estimate of drug-likeness (QED) is 0.539. The number of carbonyl (C=O) groups excluding carboxylic acids is 2. The third kappa shape index (κ3) is 9.24. The number of ether oxygens (including phenoxy) is 2. The van der Waals surface area contributed by atoms with E-state index in [4.69, 9.17) is 4.74 Å². The zero-order valence-electron chi connectivity index (χ0n) is 19.2. The van der Waals surface area contributed by atoms with Crippen molar-refractivity contribution in [1.29, 1.82) is 0 Å². The predicted octanol–water partition coefficient (Wildman–Crippen LogP) is 4.48. The Kier molecular flexibility index (Phi) is 8.83. The number of aromatic nitrogens is 1. The van der Waals surface area contributed by atoms with Crippen LogP contribution < -0.4 is 15.4 Å². The SMILES string of the molecule is C[C@@H](NC(=O)[C@H](Cc1ccccc1F)NC(=O)OC(C)(C)C)c1ccc(OCC(F)(F)F)cn1. The number of pyridine rings is 1. The topological polar surface area (TPSA) is 89.6 Å². The molecule has 186 valence electrons. The van der Waals surface area contributed by atoms with Gasteiger partial charge in [-0.25, -0.2) is 9.18 Å². The van der Waals surface area contributed by atoms with Gasteiger partial charge in [0, 0.05) is 6.42 Å². The van der Waals surface area contributed by atoms with Gasteiger partial charge in [-0.2, -0.15) is 13.2 Å². The third-order valence-electron chi connectivity index (χ3n) is 4.35. The standard InChI is InChI=1S/C23H27F4N3O4/c1-14(18-10-9-16(12-28-18)33-13-23(25,26)27)29-20(31)19(30-21(32)34-22(2,3)4)11-15-7-5-6-8-17(15)24/h5-10,12,14,19H,11,13H2,1-4H3,(H,29,31)(H,30,32)/t14-,19+/m1/s1. The van der Waals surface area contributed by atoms with E-state index in [1.54, 1.807) is 33.8 Å². The van der Waals surface area contributed by atoms with Gasteiger partial charge >= 0.3 is 12.3 Å². The second-order valence-corrected chi connectivity index (χ2v) is 8.55. The fraction of sp³-hybridized carbons (Fsp3) is 0.435. The third-order valence-corrected chi connectivity index (χ3v) is 4.35. The Labute approximate surface area is 194 Å². The van der Waals surface area contributed by atoms with Gasteiger partial charge in [-0.15, -0.1) is 0 Å². The van der Waals surface area contributed by atoms with Crippen molar-refractivity contribution in [1.82, 2.24) is 15.6 Å².